The molecule has 2 amide bonds. The van der Waals surface area contributed by atoms with Gasteiger partial charge in [-0.25, -0.2) is 8.42 Å². The van der Waals surface area contributed by atoms with Gasteiger partial charge in [0.15, 0.2) is 0 Å². The van der Waals surface area contributed by atoms with Crippen molar-refractivity contribution in [2.75, 3.05) is 24.5 Å². The standard InChI is InChI=1S/C33H33Cl2N3O5S/c1-3-43-28-16-18-29(19-17-28)44(41,42)38(27-12-8-5-9-13-27)23-32(39)37(22-25-14-15-26(34)21-30(25)35)31(33(40)36-2)20-24-10-6-4-7-11-24/h4-19,21,31H,3,20,22-23H2,1-2H3,(H,36,40)/t31-/m1/s1. The second-order valence-corrected chi connectivity index (χ2v) is 12.5. The molecule has 0 aliphatic carbocycles. The number of nitrogens with one attached hydrogen (secondary N) is 1. The Kier molecular flexibility index (Phi) is 11.3. The van der Waals surface area contributed by atoms with E-state index < -0.39 is 34.4 Å². The molecule has 0 bridgehead atoms. The maximum Gasteiger partial charge on any atom is 0.264 e. The number of sulfonamides is 1. The van der Waals surface area contributed by atoms with Gasteiger partial charge in [0.2, 0.25) is 11.8 Å². The highest BCUT2D eigenvalue weighted by molar-refractivity contribution is 7.92. The van der Waals surface area contributed by atoms with Crippen molar-refractivity contribution in [2.24, 2.45) is 0 Å². The second kappa shape index (κ2) is 15.1. The highest BCUT2D eigenvalue weighted by atomic mass is 35.5. The van der Waals surface area contributed by atoms with Gasteiger partial charge in [0.1, 0.15) is 18.3 Å². The third-order valence-corrected chi connectivity index (χ3v) is 9.29. The first kappa shape index (κ1) is 32.9. The lowest BCUT2D eigenvalue weighted by atomic mass is 10.0. The zero-order valence-electron chi connectivity index (χ0n) is 24.3. The number of rotatable bonds is 13. The van der Waals surface area contributed by atoms with E-state index in [-0.39, 0.29) is 17.9 Å². The van der Waals surface area contributed by atoms with Gasteiger partial charge in [-0.15, -0.1) is 0 Å². The van der Waals surface area contributed by atoms with Crippen molar-refractivity contribution in [3.8, 4) is 5.75 Å². The topological polar surface area (TPSA) is 96.0 Å². The number of ether oxygens (including phenoxy) is 1. The molecule has 0 radical (unpaired) electrons. The minimum atomic E-state index is -4.23. The average Bonchev–Trinajstić information content (AvgIpc) is 3.03. The fourth-order valence-electron chi connectivity index (χ4n) is 4.68. The monoisotopic (exact) mass is 653 g/mol. The molecule has 4 aromatic rings. The molecule has 0 spiro atoms. The Morgan fingerprint density at radius 2 is 1.52 bits per heavy atom. The number of halogens is 2. The number of carbonyl (C=O) groups excluding carboxylic acids is 2. The summed E-state index contributed by atoms with van der Waals surface area (Å²) in [6.07, 6.45) is 0.189. The number of hydrogen-bond donors (Lipinski definition) is 1. The first-order valence-corrected chi connectivity index (χ1v) is 16.1. The number of carbonyl (C=O) groups is 2. The van der Waals surface area contributed by atoms with E-state index in [4.69, 9.17) is 27.9 Å². The van der Waals surface area contributed by atoms with Crippen molar-refractivity contribution in [1.29, 1.82) is 0 Å². The van der Waals surface area contributed by atoms with Crippen molar-refractivity contribution in [1.82, 2.24) is 10.2 Å². The van der Waals surface area contributed by atoms with Crippen molar-refractivity contribution in [3.63, 3.8) is 0 Å². The molecule has 44 heavy (non-hydrogen) atoms. The molecule has 1 atom stereocenters. The Morgan fingerprint density at radius 3 is 2.11 bits per heavy atom. The molecule has 0 heterocycles. The average molecular weight is 655 g/mol. The third kappa shape index (κ3) is 8.11. The van der Waals surface area contributed by atoms with Gasteiger partial charge in [-0.1, -0.05) is 77.8 Å². The number of anilines is 1. The molecule has 0 aromatic heterocycles. The minimum absolute atomic E-state index is 0.0166. The quantitative estimate of drug-likeness (QED) is 0.192. The van der Waals surface area contributed by atoms with Gasteiger partial charge in [0.25, 0.3) is 10.0 Å². The van der Waals surface area contributed by atoms with E-state index >= 15 is 0 Å². The van der Waals surface area contributed by atoms with Gasteiger partial charge < -0.3 is 15.0 Å². The number of hydrogen-bond acceptors (Lipinski definition) is 5. The van der Waals surface area contributed by atoms with Crippen LogP contribution in [-0.4, -0.2) is 51.4 Å². The molecule has 4 rings (SSSR count). The molecule has 0 aliphatic heterocycles. The van der Waals surface area contributed by atoms with Gasteiger partial charge in [0.05, 0.1) is 17.2 Å². The maximum atomic E-state index is 14.3. The summed E-state index contributed by atoms with van der Waals surface area (Å²) < 4.78 is 34.6. The summed E-state index contributed by atoms with van der Waals surface area (Å²) in [7, 11) is -2.73. The van der Waals surface area contributed by atoms with Gasteiger partial charge in [-0.2, -0.15) is 0 Å². The highest BCUT2D eigenvalue weighted by Crippen LogP contribution is 2.28. The van der Waals surface area contributed by atoms with Gasteiger partial charge in [-0.05, 0) is 66.6 Å². The van der Waals surface area contributed by atoms with E-state index in [2.05, 4.69) is 5.32 Å². The second-order valence-electron chi connectivity index (χ2n) is 9.83. The third-order valence-electron chi connectivity index (χ3n) is 6.92. The number of amides is 2. The summed E-state index contributed by atoms with van der Waals surface area (Å²) in [4.78, 5) is 29.0. The normalized spacial score (nSPS) is 11.8. The van der Waals surface area contributed by atoms with Gasteiger partial charge in [0, 0.05) is 30.1 Å². The van der Waals surface area contributed by atoms with Crippen LogP contribution in [0.2, 0.25) is 10.0 Å². The summed E-state index contributed by atoms with van der Waals surface area (Å²) in [5, 5.41) is 3.39. The molecular formula is C33H33Cl2N3O5S. The van der Waals surface area contributed by atoms with Crippen LogP contribution in [0.4, 0.5) is 5.69 Å². The predicted octanol–water partition coefficient (Wildman–Crippen LogP) is 5.97. The number of likely N-dealkylation sites (N-methyl/N-ethyl adjacent to an activating group) is 1. The smallest absolute Gasteiger partial charge is 0.264 e. The van der Waals surface area contributed by atoms with Gasteiger partial charge in [-0.3, -0.25) is 13.9 Å². The summed E-state index contributed by atoms with van der Waals surface area (Å²) in [5.74, 6) is -0.485. The van der Waals surface area contributed by atoms with E-state index in [9.17, 15) is 18.0 Å². The zero-order valence-corrected chi connectivity index (χ0v) is 26.6. The molecule has 0 aliphatic rings. The molecule has 0 saturated carbocycles. The minimum Gasteiger partial charge on any atom is -0.494 e. The molecule has 0 unspecified atom stereocenters. The van der Waals surface area contributed by atoms with Crippen molar-refractivity contribution in [2.45, 2.75) is 30.8 Å². The number of benzene rings is 4. The molecule has 0 saturated heterocycles. The first-order chi connectivity index (χ1) is 21.1. The van der Waals surface area contributed by atoms with Crippen LogP contribution in [-0.2, 0) is 32.6 Å². The van der Waals surface area contributed by atoms with E-state index in [0.717, 1.165) is 9.87 Å². The predicted molar refractivity (Wildman–Crippen MR) is 174 cm³/mol. The Bertz CT molecular complexity index is 1670. The Balaban J connectivity index is 1.77. The van der Waals surface area contributed by atoms with Crippen LogP contribution in [0.1, 0.15) is 18.1 Å². The molecule has 4 aromatic carbocycles. The van der Waals surface area contributed by atoms with Crippen LogP contribution < -0.4 is 14.4 Å². The van der Waals surface area contributed by atoms with Crippen molar-refractivity contribution in [3.05, 3.63) is 124 Å². The lowest BCUT2D eigenvalue weighted by molar-refractivity contribution is -0.139. The fourth-order valence-corrected chi connectivity index (χ4v) is 6.56. The molecule has 8 nitrogen and oxygen atoms in total. The van der Waals surface area contributed by atoms with E-state index in [1.807, 2.05) is 37.3 Å². The zero-order chi connectivity index (χ0) is 31.7. The SMILES string of the molecule is CCOc1ccc(S(=O)(=O)N(CC(=O)N(Cc2ccc(Cl)cc2Cl)[C@H](Cc2ccccc2)C(=O)NC)c2ccccc2)cc1. The summed E-state index contributed by atoms with van der Waals surface area (Å²) in [5.41, 5.74) is 1.66. The van der Waals surface area contributed by atoms with E-state index in [1.165, 1.54) is 24.1 Å². The Labute approximate surface area is 268 Å². The maximum absolute atomic E-state index is 14.3. The molecule has 0 fully saturated rings. The van der Waals surface area contributed by atoms with Crippen molar-refractivity contribution >= 4 is 50.7 Å². The number of nitrogens with zero attached hydrogens (tertiary/aromatic N) is 2. The Hall–Kier alpha value is -4.05. The van der Waals surface area contributed by atoms with Crippen molar-refractivity contribution < 1.29 is 22.7 Å². The van der Waals surface area contributed by atoms with Crippen LogP contribution in [0.3, 0.4) is 0 Å². The van der Waals surface area contributed by atoms with Crippen LogP contribution in [0.15, 0.2) is 108 Å². The van der Waals surface area contributed by atoms with Gasteiger partial charge >= 0.3 is 0 Å². The molecular weight excluding hydrogens is 621 g/mol. The first-order valence-electron chi connectivity index (χ1n) is 13.9. The van der Waals surface area contributed by atoms with Crippen LogP contribution in [0, 0.1) is 0 Å². The fraction of sp³-hybridized carbons (Fsp3) is 0.212. The largest absolute Gasteiger partial charge is 0.494 e. The van der Waals surface area contributed by atoms with Crippen LogP contribution in [0.5, 0.6) is 5.75 Å². The lowest BCUT2D eigenvalue weighted by Crippen LogP contribution is -2.53. The summed E-state index contributed by atoms with van der Waals surface area (Å²) in [6, 6.07) is 27.5. The Morgan fingerprint density at radius 1 is 0.886 bits per heavy atom. The van der Waals surface area contributed by atoms with Crippen LogP contribution in [0.25, 0.3) is 0 Å². The number of para-hydroxylation sites is 1. The summed E-state index contributed by atoms with van der Waals surface area (Å²) in [6.45, 7) is 1.62. The van der Waals surface area contributed by atoms with E-state index in [1.54, 1.807) is 60.7 Å². The molecule has 11 heteroatoms. The molecule has 1 N–H and O–H groups in total. The highest BCUT2D eigenvalue weighted by Gasteiger charge is 2.34. The lowest BCUT2D eigenvalue weighted by Gasteiger charge is -2.33. The van der Waals surface area contributed by atoms with E-state index in [0.29, 0.717) is 33.7 Å². The van der Waals surface area contributed by atoms with Crippen LogP contribution >= 0.6 is 23.2 Å². The molecule has 230 valence electrons. The summed E-state index contributed by atoms with van der Waals surface area (Å²) >= 11 is 12.6.